The average Bonchev–Trinajstić information content (AvgIpc) is 2.95. The number of hydrogen-bond donors (Lipinski definition) is 1. The Morgan fingerprint density at radius 2 is 1.80 bits per heavy atom. The molecule has 1 N–H and O–H groups in total. The lowest BCUT2D eigenvalue weighted by molar-refractivity contribution is -0.130. The van der Waals surface area contributed by atoms with Crippen LogP contribution in [0.3, 0.4) is 0 Å². The molecule has 6 nitrogen and oxygen atoms in total. The largest absolute Gasteiger partial charge is 0.368 e. The van der Waals surface area contributed by atoms with Crippen LogP contribution in [0.15, 0.2) is 29.3 Å². The summed E-state index contributed by atoms with van der Waals surface area (Å²) in [6.45, 7) is 8.89. The number of halogens is 2. The summed E-state index contributed by atoms with van der Waals surface area (Å²) in [6.07, 6.45) is 4.91. The molecular formula is C22H35FIN5O. The first kappa shape index (κ1) is 24.7. The highest BCUT2D eigenvalue weighted by atomic mass is 127. The van der Waals surface area contributed by atoms with Crippen LogP contribution in [0.25, 0.3) is 0 Å². The number of piperazine rings is 1. The van der Waals surface area contributed by atoms with Crippen molar-refractivity contribution in [1.82, 2.24) is 15.1 Å². The van der Waals surface area contributed by atoms with Gasteiger partial charge in [0, 0.05) is 64.5 Å². The average molecular weight is 531 g/mol. The van der Waals surface area contributed by atoms with E-state index in [0.717, 1.165) is 89.7 Å². The molecule has 8 heteroatoms. The summed E-state index contributed by atoms with van der Waals surface area (Å²) in [6, 6.07) is 6.72. The summed E-state index contributed by atoms with van der Waals surface area (Å²) < 4.78 is 13.1. The second-order valence-corrected chi connectivity index (χ2v) is 7.73. The van der Waals surface area contributed by atoms with Crippen LogP contribution in [0, 0.1) is 5.82 Å². The number of guanidine groups is 1. The van der Waals surface area contributed by atoms with Gasteiger partial charge in [-0.3, -0.25) is 9.79 Å². The normalized spacial score (nSPS) is 18.1. The number of aliphatic imine (C=N–C) groups is 1. The molecule has 0 atom stereocenters. The molecule has 1 aromatic rings. The Bertz CT molecular complexity index is 677. The zero-order valence-electron chi connectivity index (χ0n) is 18.0. The SMILES string of the molecule is CCNC(=NCCCN1CCCCCC1=O)N1CCN(c2ccc(F)cc2)CC1.I. The van der Waals surface area contributed by atoms with Gasteiger partial charge in [-0.15, -0.1) is 24.0 Å². The van der Waals surface area contributed by atoms with E-state index in [2.05, 4.69) is 22.0 Å². The Morgan fingerprint density at radius 3 is 2.50 bits per heavy atom. The van der Waals surface area contributed by atoms with Gasteiger partial charge in [-0.05, 0) is 50.5 Å². The van der Waals surface area contributed by atoms with Gasteiger partial charge in [0.25, 0.3) is 0 Å². The van der Waals surface area contributed by atoms with Crippen molar-refractivity contribution in [3.8, 4) is 0 Å². The topological polar surface area (TPSA) is 51.2 Å². The fraction of sp³-hybridized carbons (Fsp3) is 0.636. The summed E-state index contributed by atoms with van der Waals surface area (Å²) in [7, 11) is 0. The van der Waals surface area contributed by atoms with E-state index in [1.54, 1.807) is 0 Å². The van der Waals surface area contributed by atoms with Crippen molar-refractivity contribution in [3.05, 3.63) is 30.1 Å². The van der Waals surface area contributed by atoms with E-state index in [1.807, 2.05) is 17.0 Å². The number of rotatable bonds is 6. The van der Waals surface area contributed by atoms with Crippen LogP contribution >= 0.6 is 24.0 Å². The first-order valence-corrected chi connectivity index (χ1v) is 11.0. The van der Waals surface area contributed by atoms with Gasteiger partial charge in [0.15, 0.2) is 5.96 Å². The molecule has 3 rings (SSSR count). The summed E-state index contributed by atoms with van der Waals surface area (Å²) in [4.78, 5) is 23.5. The lowest BCUT2D eigenvalue weighted by Gasteiger charge is -2.37. The second-order valence-electron chi connectivity index (χ2n) is 7.73. The Hall–Kier alpha value is -1.58. The van der Waals surface area contributed by atoms with Crippen molar-refractivity contribution in [1.29, 1.82) is 0 Å². The number of anilines is 1. The van der Waals surface area contributed by atoms with E-state index in [1.165, 1.54) is 12.1 Å². The zero-order chi connectivity index (χ0) is 20.5. The molecule has 0 aliphatic carbocycles. The van der Waals surface area contributed by atoms with Gasteiger partial charge < -0.3 is 20.0 Å². The molecular weight excluding hydrogens is 496 g/mol. The van der Waals surface area contributed by atoms with E-state index in [4.69, 9.17) is 4.99 Å². The van der Waals surface area contributed by atoms with E-state index in [0.29, 0.717) is 12.3 Å². The van der Waals surface area contributed by atoms with Crippen molar-refractivity contribution in [2.75, 3.05) is 57.3 Å². The van der Waals surface area contributed by atoms with Crippen molar-refractivity contribution in [2.24, 2.45) is 4.99 Å². The summed E-state index contributed by atoms with van der Waals surface area (Å²) in [5.74, 6) is 1.06. The minimum absolute atomic E-state index is 0. The standard InChI is InChI=1S/C22H34FN5O.HI/c1-2-24-22(25-12-6-14-27-13-5-3-4-7-21(27)29)28-17-15-26(16-18-28)20-10-8-19(23)9-11-20;/h8-11H,2-7,12-18H2,1H3,(H,24,25);1H. The Kier molecular flexibility index (Phi) is 10.7. The Labute approximate surface area is 196 Å². The van der Waals surface area contributed by atoms with Gasteiger partial charge in [0.1, 0.15) is 5.82 Å². The third-order valence-electron chi connectivity index (χ3n) is 5.62. The Morgan fingerprint density at radius 1 is 1.07 bits per heavy atom. The molecule has 168 valence electrons. The maximum Gasteiger partial charge on any atom is 0.222 e. The van der Waals surface area contributed by atoms with Crippen LogP contribution < -0.4 is 10.2 Å². The highest BCUT2D eigenvalue weighted by molar-refractivity contribution is 14.0. The van der Waals surface area contributed by atoms with Crippen LogP contribution in [-0.2, 0) is 4.79 Å². The second kappa shape index (κ2) is 13.0. The van der Waals surface area contributed by atoms with Crippen LogP contribution in [0.1, 0.15) is 39.0 Å². The minimum Gasteiger partial charge on any atom is -0.368 e. The number of amides is 1. The molecule has 0 spiro atoms. The lowest BCUT2D eigenvalue weighted by atomic mass is 10.2. The number of likely N-dealkylation sites (tertiary alicyclic amines) is 1. The molecule has 0 unspecified atom stereocenters. The van der Waals surface area contributed by atoms with Crippen LogP contribution in [0.5, 0.6) is 0 Å². The number of carbonyl (C=O) groups is 1. The summed E-state index contributed by atoms with van der Waals surface area (Å²) >= 11 is 0. The predicted molar refractivity (Wildman–Crippen MR) is 131 cm³/mol. The van der Waals surface area contributed by atoms with Crippen LogP contribution in [0.4, 0.5) is 10.1 Å². The van der Waals surface area contributed by atoms with Crippen molar-refractivity contribution < 1.29 is 9.18 Å². The summed E-state index contributed by atoms with van der Waals surface area (Å²) in [5, 5.41) is 3.40. The van der Waals surface area contributed by atoms with Gasteiger partial charge in [0.2, 0.25) is 5.91 Å². The number of carbonyl (C=O) groups excluding carboxylic acids is 1. The minimum atomic E-state index is -0.198. The molecule has 30 heavy (non-hydrogen) atoms. The maximum atomic E-state index is 13.1. The van der Waals surface area contributed by atoms with E-state index >= 15 is 0 Å². The molecule has 2 aliphatic heterocycles. The van der Waals surface area contributed by atoms with Gasteiger partial charge >= 0.3 is 0 Å². The summed E-state index contributed by atoms with van der Waals surface area (Å²) in [5.41, 5.74) is 1.06. The number of benzene rings is 1. The van der Waals surface area contributed by atoms with Crippen LogP contribution in [-0.4, -0.2) is 74.0 Å². The van der Waals surface area contributed by atoms with E-state index in [9.17, 15) is 9.18 Å². The molecule has 1 aromatic carbocycles. The fourth-order valence-corrected chi connectivity index (χ4v) is 3.98. The smallest absolute Gasteiger partial charge is 0.222 e. The molecule has 2 aliphatic rings. The monoisotopic (exact) mass is 531 g/mol. The highest BCUT2D eigenvalue weighted by Crippen LogP contribution is 2.17. The molecule has 2 saturated heterocycles. The number of nitrogens with zero attached hydrogens (tertiary/aromatic N) is 4. The van der Waals surface area contributed by atoms with Crippen LogP contribution in [0.2, 0.25) is 0 Å². The zero-order valence-corrected chi connectivity index (χ0v) is 20.3. The quantitative estimate of drug-likeness (QED) is 0.265. The van der Waals surface area contributed by atoms with Gasteiger partial charge in [0.05, 0.1) is 0 Å². The molecule has 0 radical (unpaired) electrons. The predicted octanol–water partition coefficient (Wildman–Crippen LogP) is 3.32. The third-order valence-corrected chi connectivity index (χ3v) is 5.62. The maximum absolute atomic E-state index is 13.1. The third kappa shape index (κ3) is 7.28. The van der Waals surface area contributed by atoms with Crippen molar-refractivity contribution in [2.45, 2.75) is 39.0 Å². The first-order chi connectivity index (χ1) is 14.2. The first-order valence-electron chi connectivity index (χ1n) is 11.0. The molecule has 0 bridgehead atoms. The molecule has 1 amide bonds. The molecule has 2 fully saturated rings. The highest BCUT2D eigenvalue weighted by Gasteiger charge is 2.20. The van der Waals surface area contributed by atoms with E-state index in [-0.39, 0.29) is 29.8 Å². The molecule has 0 aromatic heterocycles. The van der Waals surface area contributed by atoms with Crippen molar-refractivity contribution in [3.63, 3.8) is 0 Å². The van der Waals surface area contributed by atoms with Gasteiger partial charge in [-0.1, -0.05) is 6.42 Å². The molecule has 0 saturated carbocycles. The Balaban J connectivity index is 0.00000320. The van der Waals surface area contributed by atoms with E-state index < -0.39 is 0 Å². The lowest BCUT2D eigenvalue weighted by Crippen LogP contribution is -2.52. The van der Waals surface area contributed by atoms with Crippen molar-refractivity contribution >= 4 is 41.5 Å². The van der Waals surface area contributed by atoms with Gasteiger partial charge in [-0.25, -0.2) is 4.39 Å². The van der Waals surface area contributed by atoms with Gasteiger partial charge in [-0.2, -0.15) is 0 Å². The number of hydrogen-bond acceptors (Lipinski definition) is 3. The molecule has 2 heterocycles. The fourth-order valence-electron chi connectivity index (χ4n) is 3.98. The number of nitrogens with one attached hydrogen (secondary N) is 1.